The number of hydrogen-bond donors (Lipinski definition) is 1. The molecule has 1 saturated carbocycles. The van der Waals surface area contributed by atoms with Crippen LogP contribution in [0.3, 0.4) is 0 Å². The van der Waals surface area contributed by atoms with E-state index in [2.05, 4.69) is 72.1 Å². The molecule has 162 valence electrons. The van der Waals surface area contributed by atoms with Gasteiger partial charge in [0.2, 0.25) is 0 Å². The zero-order chi connectivity index (χ0) is 21.0. The molecule has 0 spiro atoms. The van der Waals surface area contributed by atoms with Crippen LogP contribution in [-0.4, -0.2) is 7.05 Å². The van der Waals surface area contributed by atoms with Crippen LogP contribution in [0, 0.1) is 12.8 Å². The molecule has 1 N–H and O–H groups in total. The van der Waals surface area contributed by atoms with Crippen LogP contribution in [0.15, 0.2) is 18.2 Å². The highest BCUT2D eigenvalue weighted by Crippen LogP contribution is 2.38. The number of nitrogens with one attached hydrogen (secondary N) is 1. The summed E-state index contributed by atoms with van der Waals surface area (Å²) in [6, 6.07) is 7.30. The van der Waals surface area contributed by atoms with Crippen molar-refractivity contribution in [1.82, 2.24) is 5.32 Å². The van der Waals surface area contributed by atoms with Crippen LogP contribution < -0.4 is 5.32 Å². The minimum absolute atomic E-state index is 0.108. The molecule has 0 radical (unpaired) electrons. The first-order valence-electron chi connectivity index (χ1n) is 12.2. The van der Waals surface area contributed by atoms with Gasteiger partial charge in [-0.1, -0.05) is 97.3 Å². The lowest BCUT2D eigenvalue weighted by Gasteiger charge is -2.32. The largest absolute Gasteiger partial charge is 0.311 e. The maximum absolute atomic E-state index is 3.60. The van der Waals surface area contributed by atoms with Crippen molar-refractivity contribution in [2.45, 2.75) is 124 Å². The van der Waals surface area contributed by atoms with Gasteiger partial charge in [0.05, 0.1) is 0 Å². The third kappa shape index (κ3) is 7.90. The van der Waals surface area contributed by atoms with Gasteiger partial charge in [-0.2, -0.15) is 0 Å². The van der Waals surface area contributed by atoms with Crippen molar-refractivity contribution in [1.29, 1.82) is 0 Å². The SMILES string of the molecule is CCCC.CCCCCCC(C)(NC)c1ccc([C@H]2CCCC(C)C2)c(C)c1. The molecule has 1 fully saturated rings. The molecule has 0 bridgehead atoms. The average molecular weight is 388 g/mol. The lowest BCUT2D eigenvalue weighted by Crippen LogP contribution is -2.36. The fourth-order valence-electron chi connectivity index (χ4n) is 4.51. The Morgan fingerprint density at radius 2 is 1.71 bits per heavy atom. The minimum atomic E-state index is 0.108. The average Bonchev–Trinajstić information content (AvgIpc) is 2.71. The quantitative estimate of drug-likeness (QED) is 0.419. The van der Waals surface area contributed by atoms with E-state index < -0.39 is 0 Å². The summed E-state index contributed by atoms with van der Waals surface area (Å²) >= 11 is 0. The molecule has 0 aromatic heterocycles. The Morgan fingerprint density at radius 1 is 1.00 bits per heavy atom. The summed E-state index contributed by atoms with van der Waals surface area (Å²) < 4.78 is 0. The monoisotopic (exact) mass is 387 g/mol. The van der Waals surface area contributed by atoms with Crippen LogP contribution >= 0.6 is 0 Å². The standard InChI is InChI=1S/C23H39N.C4H10/c1-6-7-8-9-15-23(4,24-5)21-13-14-22(19(3)17-21)20-12-10-11-18(2)16-20;1-3-4-2/h13-14,17-18,20,24H,6-12,15-16H2,1-5H3;3-4H2,1-2H3/t18?,20-,23?;/m0./s1. The predicted octanol–water partition coefficient (Wildman–Crippen LogP) is 8.50. The van der Waals surface area contributed by atoms with Gasteiger partial charge in [-0.15, -0.1) is 0 Å². The lowest BCUT2D eigenvalue weighted by molar-refractivity contribution is 0.341. The summed E-state index contributed by atoms with van der Waals surface area (Å²) in [7, 11) is 2.12. The van der Waals surface area contributed by atoms with E-state index in [1.807, 2.05) is 0 Å². The molecular weight excluding hydrogens is 338 g/mol. The molecule has 0 heterocycles. The molecule has 3 atom stereocenters. The third-order valence-electron chi connectivity index (χ3n) is 6.87. The van der Waals surface area contributed by atoms with Crippen molar-refractivity contribution >= 4 is 0 Å². The minimum Gasteiger partial charge on any atom is -0.311 e. The Labute approximate surface area is 177 Å². The van der Waals surface area contributed by atoms with E-state index in [1.54, 1.807) is 5.56 Å². The third-order valence-corrected chi connectivity index (χ3v) is 6.87. The first-order valence-corrected chi connectivity index (χ1v) is 12.2. The van der Waals surface area contributed by atoms with Gasteiger partial charge in [0.25, 0.3) is 0 Å². The molecule has 1 aliphatic rings. The second kappa shape index (κ2) is 13.4. The van der Waals surface area contributed by atoms with E-state index in [4.69, 9.17) is 0 Å². The van der Waals surface area contributed by atoms with Gasteiger partial charge >= 0.3 is 0 Å². The van der Waals surface area contributed by atoms with Crippen LogP contribution in [0.1, 0.15) is 128 Å². The van der Waals surface area contributed by atoms with Gasteiger partial charge in [-0.25, -0.2) is 0 Å². The van der Waals surface area contributed by atoms with Gasteiger partial charge < -0.3 is 5.32 Å². The van der Waals surface area contributed by atoms with Crippen LogP contribution in [0.5, 0.6) is 0 Å². The van der Waals surface area contributed by atoms with Gasteiger partial charge in [0.15, 0.2) is 0 Å². The highest BCUT2D eigenvalue weighted by atomic mass is 14.9. The van der Waals surface area contributed by atoms with E-state index in [1.165, 1.54) is 81.8 Å². The topological polar surface area (TPSA) is 12.0 Å². The second-order valence-electron chi connectivity index (χ2n) is 9.43. The summed E-state index contributed by atoms with van der Waals surface area (Å²) in [6.07, 6.45) is 14.8. The Morgan fingerprint density at radius 3 is 2.25 bits per heavy atom. The van der Waals surface area contributed by atoms with Gasteiger partial charge in [0, 0.05) is 5.54 Å². The highest BCUT2D eigenvalue weighted by Gasteiger charge is 2.26. The molecular formula is C27H49N. The van der Waals surface area contributed by atoms with Crippen molar-refractivity contribution in [2.75, 3.05) is 7.05 Å². The maximum atomic E-state index is 3.60. The zero-order valence-corrected chi connectivity index (χ0v) is 20.2. The number of rotatable bonds is 9. The van der Waals surface area contributed by atoms with E-state index in [0.29, 0.717) is 0 Å². The van der Waals surface area contributed by atoms with Gasteiger partial charge in [-0.05, 0) is 68.7 Å². The van der Waals surface area contributed by atoms with Crippen LogP contribution in [-0.2, 0) is 5.54 Å². The first kappa shape index (κ1) is 25.2. The zero-order valence-electron chi connectivity index (χ0n) is 20.2. The fraction of sp³-hybridized carbons (Fsp3) is 0.778. The van der Waals surface area contributed by atoms with E-state index in [0.717, 1.165) is 11.8 Å². The van der Waals surface area contributed by atoms with Crippen molar-refractivity contribution in [3.8, 4) is 0 Å². The van der Waals surface area contributed by atoms with Crippen LogP contribution in [0.25, 0.3) is 0 Å². The Kier molecular flexibility index (Phi) is 12.1. The molecule has 28 heavy (non-hydrogen) atoms. The van der Waals surface area contributed by atoms with Crippen molar-refractivity contribution in [3.05, 3.63) is 34.9 Å². The summed E-state index contributed by atoms with van der Waals surface area (Å²) in [5.41, 5.74) is 4.68. The smallest absolute Gasteiger partial charge is 0.0403 e. The molecule has 1 aromatic rings. The molecule has 1 nitrogen and oxygen atoms in total. The van der Waals surface area contributed by atoms with Gasteiger partial charge in [-0.3, -0.25) is 0 Å². The van der Waals surface area contributed by atoms with Crippen molar-refractivity contribution in [3.63, 3.8) is 0 Å². The molecule has 2 rings (SSSR count). The number of hydrogen-bond acceptors (Lipinski definition) is 1. The van der Waals surface area contributed by atoms with E-state index in [9.17, 15) is 0 Å². The molecule has 2 unspecified atom stereocenters. The molecule has 1 aromatic carbocycles. The summed E-state index contributed by atoms with van der Waals surface area (Å²) in [6.45, 7) is 13.8. The van der Waals surface area contributed by atoms with E-state index in [-0.39, 0.29) is 5.54 Å². The Hall–Kier alpha value is -0.820. The predicted molar refractivity (Wildman–Crippen MR) is 127 cm³/mol. The Bertz CT molecular complexity index is 533. The Balaban J connectivity index is 0.000000892. The molecule has 0 saturated heterocycles. The van der Waals surface area contributed by atoms with Gasteiger partial charge in [0.1, 0.15) is 0 Å². The fourth-order valence-corrected chi connectivity index (χ4v) is 4.51. The molecule has 0 amide bonds. The second-order valence-corrected chi connectivity index (χ2v) is 9.43. The van der Waals surface area contributed by atoms with Crippen LogP contribution in [0.2, 0.25) is 0 Å². The van der Waals surface area contributed by atoms with E-state index >= 15 is 0 Å². The number of benzene rings is 1. The van der Waals surface area contributed by atoms with Crippen molar-refractivity contribution < 1.29 is 0 Å². The van der Waals surface area contributed by atoms with Crippen LogP contribution in [0.4, 0.5) is 0 Å². The number of aryl methyl sites for hydroxylation is 1. The first-order chi connectivity index (χ1) is 13.4. The molecule has 1 aliphatic carbocycles. The normalized spacial score (nSPS) is 21.5. The number of unbranched alkanes of at least 4 members (excludes halogenated alkanes) is 4. The van der Waals surface area contributed by atoms with Crippen molar-refractivity contribution in [2.24, 2.45) is 5.92 Å². The molecule has 0 aliphatic heterocycles. The summed E-state index contributed by atoms with van der Waals surface area (Å²) in [4.78, 5) is 0. The summed E-state index contributed by atoms with van der Waals surface area (Å²) in [5.74, 6) is 1.68. The summed E-state index contributed by atoms with van der Waals surface area (Å²) in [5, 5.41) is 3.60. The maximum Gasteiger partial charge on any atom is 0.0403 e. The highest BCUT2D eigenvalue weighted by molar-refractivity contribution is 5.37. The molecule has 1 heteroatoms. The lowest BCUT2D eigenvalue weighted by atomic mass is 9.76.